The molecule has 0 aromatic heterocycles. The number of fused-ring (bicyclic) bond motifs is 1. The number of nitrogens with zero attached hydrogens (tertiary/aromatic N) is 1. The first kappa shape index (κ1) is 15.1. The van der Waals surface area contributed by atoms with E-state index in [4.69, 9.17) is 0 Å². The number of hydrogen-bond donors (Lipinski definition) is 1. The van der Waals surface area contributed by atoms with Crippen LogP contribution in [-0.2, 0) is 20.8 Å². The zero-order chi connectivity index (χ0) is 16.6. The predicted octanol–water partition coefficient (Wildman–Crippen LogP) is 0.963. The monoisotopic (exact) mass is 312 g/mol. The van der Waals surface area contributed by atoms with Crippen LogP contribution >= 0.6 is 0 Å². The lowest BCUT2D eigenvalue weighted by atomic mass is 9.81. The maximum atomic E-state index is 12.8. The van der Waals surface area contributed by atoms with Gasteiger partial charge in [-0.25, -0.2) is 0 Å². The van der Waals surface area contributed by atoms with Gasteiger partial charge in [-0.2, -0.15) is 0 Å². The minimum Gasteiger partial charge on any atom is -0.294 e. The van der Waals surface area contributed by atoms with Crippen molar-refractivity contribution < 1.29 is 19.2 Å². The molecule has 0 aliphatic carbocycles. The fourth-order valence-corrected chi connectivity index (χ4v) is 3.27. The molecule has 1 aromatic rings. The van der Waals surface area contributed by atoms with E-state index in [1.807, 2.05) is 0 Å². The van der Waals surface area contributed by atoms with Crippen LogP contribution < -0.4 is 5.32 Å². The van der Waals surface area contributed by atoms with Crippen LogP contribution in [0.2, 0.25) is 0 Å². The van der Waals surface area contributed by atoms with Gasteiger partial charge in [0.05, 0.1) is 6.42 Å². The van der Waals surface area contributed by atoms with E-state index in [1.165, 1.54) is 6.08 Å². The Kier molecular flexibility index (Phi) is 3.60. The molecule has 0 spiro atoms. The Hall–Kier alpha value is -2.76. The molecule has 23 heavy (non-hydrogen) atoms. The molecule has 0 unspecified atom stereocenters. The Morgan fingerprint density at radius 3 is 2.65 bits per heavy atom. The van der Waals surface area contributed by atoms with Gasteiger partial charge in [0.2, 0.25) is 11.8 Å². The summed E-state index contributed by atoms with van der Waals surface area (Å²) in [6.45, 7) is 3.63. The molecule has 4 amide bonds. The zero-order valence-corrected chi connectivity index (χ0v) is 12.5. The Morgan fingerprint density at radius 2 is 1.96 bits per heavy atom. The topological polar surface area (TPSA) is 83.6 Å². The average molecular weight is 312 g/mol. The van der Waals surface area contributed by atoms with Crippen LogP contribution in [0.1, 0.15) is 35.2 Å². The summed E-state index contributed by atoms with van der Waals surface area (Å²) in [4.78, 5) is 50.4. The summed E-state index contributed by atoms with van der Waals surface area (Å²) >= 11 is 0. The number of piperidine rings is 1. The molecule has 1 aromatic carbocycles. The highest BCUT2D eigenvalue weighted by molar-refractivity contribution is 6.15. The second kappa shape index (κ2) is 5.46. The van der Waals surface area contributed by atoms with Crippen molar-refractivity contribution in [3.05, 3.63) is 48.0 Å². The molecule has 6 nitrogen and oxygen atoms in total. The molecule has 2 aliphatic heterocycles. The van der Waals surface area contributed by atoms with Crippen LogP contribution in [0.25, 0.3) is 0 Å². The first-order valence-electron chi connectivity index (χ1n) is 7.40. The zero-order valence-electron chi connectivity index (χ0n) is 12.5. The first-order valence-corrected chi connectivity index (χ1v) is 7.40. The Morgan fingerprint density at radius 1 is 1.22 bits per heavy atom. The van der Waals surface area contributed by atoms with Crippen LogP contribution in [0.3, 0.4) is 0 Å². The fourth-order valence-electron chi connectivity index (χ4n) is 3.27. The van der Waals surface area contributed by atoms with Gasteiger partial charge in [-0.3, -0.25) is 29.4 Å². The first-order chi connectivity index (χ1) is 11.0. The number of imide groups is 2. The summed E-state index contributed by atoms with van der Waals surface area (Å²) in [6.07, 6.45) is 1.87. The van der Waals surface area contributed by atoms with Crippen molar-refractivity contribution in [1.82, 2.24) is 10.2 Å². The fraction of sp³-hybridized carbons (Fsp3) is 0.294. The Labute approximate surface area is 133 Å². The summed E-state index contributed by atoms with van der Waals surface area (Å²) < 4.78 is 0. The summed E-state index contributed by atoms with van der Waals surface area (Å²) in [7, 11) is 0. The summed E-state index contributed by atoms with van der Waals surface area (Å²) in [6, 6.07) is 6.85. The van der Waals surface area contributed by atoms with Gasteiger partial charge in [-0.05, 0) is 24.5 Å². The lowest BCUT2D eigenvalue weighted by Crippen LogP contribution is -2.66. The summed E-state index contributed by atoms with van der Waals surface area (Å²) in [5, 5.41) is 2.25. The molecular weight excluding hydrogens is 296 g/mol. The third kappa shape index (κ3) is 2.27. The number of carbonyl (C=O) groups excluding carboxylic acids is 4. The quantitative estimate of drug-likeness (QED) is 0.666. The van der Waals surface area contributed by atoms with E-state index < -0.39 is 29.2 Å². The summed E-state index contributed by atoms with van der Waals surface area (Å²) in [5.74, 6) is -1.94. The van der Waals surface area contributed by atoms with Crippen molar-refractivity contribution in [2.45, 2.75) is 31.2 Å². The van der Waals surface area contributed by atoms with Gasteiger partial charge in [-0.1, -0.05) is 24.3 Å². The van der Waals surface area contributed by atoms with E-state index in [0.717, 1.165) is 4.90 Å². The second-order valence-corrected chi connectivity index (χ2v) is 5.77. The maximum absolute atomic E-state index is 12.8. The smallest absolute Gasteiger partial charge is 0.261 e. The average Bonchev–Trinajstić information content (AvgIpc) is 2.51. The largest absolute Gasteiger partial charge is 0.294 e. The Bertz CT molecular complexity index is 740. The van der Waals surface area contributed by atoms with Crippen LogP contribution in [0.4, 0.5) is 0 Å². The van der Waals surface area contributed by atoms with E-state index in [0.29, 0.717) is 11.1 Å². The highest BCUT2D eigenvalue weighted by Crippen LogP contribution is 2.34. The van der Waals surface area contributed by atoms with Gasteiger partial charge in [-0.15, -0.1) is 6.58 Å². The molecule has 2 heterocycles. The van der Waals surface area contributed by atoms with Crippen LogP contribution in [-0.4, -0.2) is 34.1 Å². The van der Waals surface area contributed by atoms with E-state index in [2.05, 4.69) is 11.9 Å². The van der Waals surface area contributed by atoms with E-state index in [-0.39, 0.29) is 25.7 Å². The molecule has 118 valence electrons. The molecule has 0 saturated carbocycles. The van der Waals surface area contributed by atoms with Gasteiger partial charge in [0, 0.05) is 12.0 Å². The van der Waals surface area contributed by atoms with Crippen LogP contribution in [0, 0.1) is 0 Å². The van der Waals surface area contributed by atoms with Crippen molar-refractivity contribution in [2.24, 2.45) is 0 Å². The minimum absolute atomic E-state index is 0.0576. The number of benzene rings is 1. The molecule has 1 saturated heterocycles. The van der Waals surface area contributed by atoms with Crippen molar-refractivity contribution in [3.63, 3.8) is 0 Å². The number of amides is 4. The summed E-state index contributed by atoms with van der Waals surface area (Å²) in [5.41, 5.74) is -0.308. The molecular formula is C17H16N2O4. The molecule has 3 rings (SSSR count). The van der Waals surface area contributed by atoms with Gasteiger partial charge in [0.1, 0.15) is 5.54 Å². The normalized spacial score (nSPS) is 24.3. The standard InChI is InChI=1S/C17H16N2O4/c1-2-8-17(9-7-13(20)18-16(17)23)19-14(21)10-11-5-3-4-6-12(11)15(19)22/h2-6H,1,7-10H2,(H,18,20,23)/t17-/m1/s1. The van der Waals surface area contributed by atoms with Crippen LogP contribution in [0.5, 0.6) is 0 Å². The number of nitrogens with one attached hydrogen (secondary N) is 1. The van der Waals surface area contributed by atoms with Crippen molar-refractivity contribution in [2.75, 3.05) is 0 Å². The molecule has 2 aliphatic rings. The highest BCUT2D eigenvalue weighted by Gasteiger charge is 2.52. The van der Waals surface area contributed by atoms with E-state index >= 15 is 0 Å². The molecule has 6 heteroatoms. The SMILES string of the molecule is C=CC[C@@]1(N2C(=O)Cc3ccccc3C2=O)CCC(=O)NC1=O. The number of carbonyl (C=O) groups is 4. The lowest BCUT2D eigenvalue weighted by molar-refractivity contribution is -0.150. The third-order valence-corrected chi connectivity index (χ3v) is 4.39. The van der Waals surface area contributed by atoms with Gasteiger partial charge < -0.3 is 0 Å². The van der Waals surface area contributed by atoms with Crippen molar-refractivity contribution in [3.8, 4) is 0 Å². The lowest BCUT2D eigenvalue weighted by Gasteiger charge is -2.44. The number of rotatable bonds is 3. The van der Waals surface area contributed by atoms with Gasteiger partial charge in [0.25, 0.3) is 11.8 Å². The predicted molar refractivity (Wildman–Crippen MR) is 81.3 cm³/mol. The second-order valence-electron chi connectivity index (χ2n) is 5.77. The highest BCUT2D eigenvalue weighted by atomic mass is 16.2. The van der Waals surface area contributed by atoms with Crippen LogP contribution in [0.15, 0.2) is 36.9 Å². The molecule has 0 radical (unpaired) electrons. The molecule has 1 fully saturated rings. The number of hydrogen-bond acceptors (Lipinski definition) is 4. The molecule has 1 atom stereocenters. The van der Waals surface area contributed by atoms with Gasteiger partial charge in [0.15, 0.2) is 0 Å². The van der Waals surface area contributed by atoms with Crippen molar-refractivity contribution >= 4 is 23.6 Å². The van der Waals surface area contributed by atoms with E-state index in [1.54, 1.807) is 24.3 Å². The Balaban J connectivity index is 2.09. The van der Waals surface area contributed by atoms with Crippen molar-refractivity contribution in [1.29, 1.82) is 0 Å². The third-order valence-electron chi connectivity index (χ3n) is 4.39. The van der Waals surface area contributed by atoms with E-state index in [9.17, 15) is 19.2 Å². The minimum atomic E-state index is -1.38. The molecule has 1 N–H and O–H groups in total. The van der Waals surface area contributed by atoms with Gasteiger partial charge >= 0.3 is 0 Å². The molecule has 0 bridgehead atoms. The maximum Gasteiger partial charge on any atom is 0.261 e.